The predicted molar refractivity (Wildman–Crippen MR) is 145 cm³/mol. The van der Waals surface area contributed by atoms with E-state index in [2.05, 4.69) is 70.5 Å². The van der Waals surface area contributed by atoms with Gasteiger partial charge in [0.1, 0.15) is 0 Å². The molecule has 0 radical (unpaired) electrons. The monoisotopic (exact) mass is 478 g/mol. The van der Waals surface area contributed by atoms with Crippen molar-refractivity contribution in [1.29, 1.82) is 0 Å². The van der Waals surface area contributed by atoms with Crippen LogP contribution < -0.4 is 5.43 Å². The molecule has 4 aromatic carbocycles. The fourth-order valence-electron chi connectivity index (χ4n) is 4.10. The first kappa shape index (κ1) is 22.9. The average Bonchev–Trinajstić information content (AvgIpc) is 3.24. The molecular formula is C29H26N4OS. The van der Waals surface area contributed by atoms with Crippen molar-refractivity contribution in [3.8, 4) is 0 Å². The normalized spacial score (nSPS) is 11.8. The minimum atomic E-state index is -0.163. The second kappa shape index (κ2) is 10.2. The van der Waals surface area contributed by atoms with Crippen molar-refractivity contribution in [1.82, 2.24) is 15.0 Å². The molecule has 5 nitrogen and oxygen atoms in total. The number of hydrazone groups is 1. The zero-order valence-electron chi connectivity index (χ0n) is 19.7. The molecule has 0 saturated carbocycles. The summed E-state index contributed by atoms with van der Waals surface area (Å²) in [5.74, 6) is 0.0623. The molecule has 35 heavy (non-hydrogen) atoms. The van der Waals surface area contributed by atoms with E-state index in [0.29, 0.717) is 6.54 Å². The van der Waals surface area contributed by atoms with Crippen LogP contribution in [0.2, 0.25) is 0 Å². The average molecular weight is 479 g/mol. The molecular weight excluding hydrogens is 452 g/mol. The summed E-state index contributed by atoms with van der Waals surface area (Å²) in [6, 6.07) is 30.8. The van der Waals surface area contributed by atoms with Gasteiger partial charge >= 0.3 is 0 Å². The number of benzene rings is 4. The zero-order valence-corrected chi connectivity index (χ0v) is 20.5. The number of carbonyl (C=O) groups is 1. The Morgan fingerprint density at radius 1 is 0.943 bits per heavy atom. The summed E-state index contributed by atoms with van der Waals surface area (Å²) in [5, 5.41) is 7.45. The number of hydrogen-bond acceptors (Lipinski definition) is 4. The number of hydrogen-bond donors (Lipinski definition) is 1. The van der Waals surface area contributed by atoms with Gasteiger partial charge in [0.25, 0.3) is 5.91 Å². The molecule has 0 atom stereocenters. The third-order valence-electron chi connectivity index (χ3n) is 5.94. The van der Waals surface area contributed by atoms with Crippen molar-refractivity contribution in [2.75, 3.05) is 5.75 Å². The van der Waals surface area contributed by atoms with Gasteiger partial charge in [-0.05, 0) is 42.3 Å². The van der Waals surface area contributed by atoms with Crippen LogP contribution in [-0.4, -0.2) is 26.9 Å². The first-order valence-electron chi connectivity index (χ1n) is 11.5. The lowest BCUT2D eigenvalue weighted by atomic mass is 10.0. The van der Waals surface area contributed by atoms with Crippen molar-refractivity contribution >= 4 is 45.2 Å². The van der Waals surface area contributed by atoms with Gasteiger partial charge in [-0.2, -0.15) is 5.10 Å². The topological polar surface area (TPSA) is 59.3 Å². The van der Waals surface area contributed by atoms with Gasteiger partial charge in [0.05, 0.1) is 29.0 Å². The number of imidazole rings is 1. The highest BCUT2D eigenvalue weighted by Gasteiger charge is 2.13. The van der Waals surface area contributed by atoms with Gasteiger partial charge in [-0.3, -0.25) is 4.79 Å². The highest BCUT2D eigenvalue weighted by molar-refractivity contribution is 7.99. The van der Waals surface area contributed by atoms with E-state index in [9.17, 15) is 4.79 Å². The number of para-hydroxylation sites is 2. The predicted octanol–water partition coefficient (Wildman–Crippen LogP) is 6.18. The summed E-state index contributed by atoms with van der Waals surface area (Å²) >= 11 is 1.42. The third kappa shape index (κ3) is 5.12. The van der Waals surface area contributed by atoms with Crippen LogP contribution in [0.4, 0.5) is 0 Å². The summed E-state index contributed by atoms with van der Waals surface area (Å²) in [4.78, 5) is 17.4. The summed E-state index contributed by atoms with van der Waals surface area (Å²) in [5.41, 5.74) is 8.90. The molecule has 0 aliphatic rings. The second-order valence-electron chi connectivity index (χ2n) is 8.50. The summed E-state index contributed by atoms with van der Waals surface area (Å²) in [6.07, 6.45) is 0. The van der Waals surface area contributed by atoms with Crippen LogP contribution in [0.5, 0.6) is 0 Å². The number of fused-ring (bicyclic) bond motifs is 2. The Balaban J connectivity index is 1.31. The van der Waals surface area contributed by atoms with Crippen LogP contribution in [0, 0.1) is 6.92 Å². The van der Waals surface area contributed by atoms with Crippen LogP contribution in [-0.2, 0) is 11.3 Å². The first-order valence-corrected chi connectivity index (χ1v) is 12.5. The molecule has 0 aliphatic heterocycles. The number of rotatable bonds is 7. The van der Waals surface area contributed by atoms with Crippen molar-refractivity contribution in [2.24, 2.45) is 5.10 Å². The van der Waals surface area contributed by atoms with E-state index in [1.807, 2.05) is 49.4 Å². The quantitative estimate of drug-likeness (QED) is 0.173. The summed E-state index contributed by atoms with van der Waals surface area (Å²) in [6.45, 7) is 4.69. The van der Waals surface area contributed by atoms with Crippen LogP contribution >= 0.6 is 11.8 Å². The number of thioether (sulfide) groups is 1. The van der Waals surface area contributed by atoms with Gasteiger partial charge in [0.15, 0.2) is 5.16 Å². The van der Waals surface area contributed by atoms with Gasteiger partial charge in [0.2, 0.25) is 0 Å². The number of nitrogens with zero attached hydrogens (tertiary/aromatic N) is 3. The molecule has 0 unspecified atom stereocenters. The van der Waals surface area contributed by atoms with E-state index in [0.717, 1.165) is 38.2 Å². The van der Waals surface area contributed by atoms with Crippen LogP contribution in [0.25, 0.3) is 21.8 Å². The van der Waals surface area contributed by atoms with Gasteiger partial charge in [-0.1, -0.05) is 96.2 Å². The van der Waals surface area contributed by atoms with Gasteiger partial charge in [-0.15, -0.1) is 0 Å². The van der Waals surface area contributed by atoms with Crippen molar-refractivity contribution in [3.05, 3.63) is 108 Å². The SMILES string of the molecule is CC(=NNC(=O)CSc1nc2ccccc2n1Cc1ccc(C)cc1)c1cccc2ccccc12. The Morgan fingerprint density at radius 3 is 2.54 bits per heavy atom. The maximum Gasteiger partial charge on any atom is 0.250 e. The molecule has 1 N–H and O–H groups in total. The molecule has 0 fully saturated rings. The number of amides is 1. The number of nitrogens with one attached hydrogen (secondary N) is 1. The molecule has 174 valence electrons. The van der Waals surface area contributed by atoms with Crippen LogP contribution in [0.3, 0.4) is 0 Å². The number of aromatic nitrogens is 2. The van der Waals surface area contributed by atoms with Gasteiger partial charge in [-0.25, -0.2) is 10.4 Å². The minimum absolute atomic E-state index is 0.163. The first-order chi connectivity index (χ1) is 17.1. The Labute approximate surface area is 208 Å². The summed E-state index contributed by atoms with van der Waals surface area (Å²) in [7, 11) is 0. The molecule has 0 aliphatic carbocycles. The smallest absolute Gasteiger partial charge is 0.250 e. The number of carbonyl (C=O) groups excluding carboxylic acids is 1. The molecule has 5 rings (SSSR count). The van der Waals surface area contributed by atoms with Crippen LogP contribution in [0.1, 0.15) is 23.6 Å². The van der Waals surface area contributed by atoms with Crippen molar-refractivity contribution < 1.29 is 4.79 Å². The highest BCUT2D eigenvalue weighted by Crippen LogP contribution is 2.25. The molecule has 0 spiro atoms. The number of aryl methyl sites for hydroxylation is 1. The lowest BCUT2D eigenvalue weighted by Gasteiger charge is -2.10. The van der Waals surface area contributed by atoms with E-state index in [1.165, 1.54) is 22.9 Å². The Bertz CT molecular complexity index is 1530. The second-order valence-corrected chi connectivity index (χ2v) is 9.44. The van der Waals surface area contributed by atoms with E-state index >= 15 is 0 Å². The maximum atomic E-state index is 12.7. The van der Waals surface area contributed by atoms with Gasteiger partial charge < -0.3 is 4.57 Å². The van der Waals surface area contributed by atoms with E-state index in [4.69, 9.17) is 4.98 Å². The maximum absolute atomic E-state index is 12.7. The summed E-state index contributed by atoms with van der Waals surface area (Å²) < 4.78 is 2.17. The molecule has 1 aromatic heterocycles. The fraction of sp³-hybridized carbons (Fsp3) is 0.138. The Hall–Kier alpha value is -3.90. The fourth-order valence-corrected chi connectivity index (χ4v) is 4.91. The molecule has 5 aromatic rings. The highest BCUT2D eigenvalue weighted by atomic mass is 32.2. The van der Waals surface area contributed by atoms with Gasteiger partial charge in [0, 0.05) is 5.56 Å². The largest absolute Gasteiger partial charge is 0.314 e. The van der Waals surface area contributed by atoms with E-state index < -0.39 is 0 Å². The van der Waals surface area contributed by atoms with Crippen molar-refractivity contribution in [2.45, 2.75) is 25.5 Å². The van der Waals surface area contributed by atoms with E-state index in [-0.39, 0.29) is 11.7 Å². The van der Waals surface area contributed by atoms with Crippen molar-refractivity contribution in [3.63, 3.8) is 0 Å². The van der Waals surface area contributed by atoms with E-state index in [1.54, 1.807) is 0 Å². The molecule has 1 heterocycles. The standard InChI is InChI=1S/C29H26N4OS/c1-20-14-16-22(17-15-20)18-33-27-13-6-5-12-26(27)30-29(33)35-19-28(34)32-31-21(2)24-11-7-9-23-8-3-4-10-25(23)24/h3-17H,18-19H2,1-2H3,(H,32,34). The molecule has 1 amide bonds. The molecule has 6 heteroatoms. The minimum Gasteiger partial charge on any atom is -0.314 e. The lowest BCUT2D eigenvalue weighted by Crippen LogP contribution is -2.21. The van der Waals surface area contributed by atoms with Crippen LogP contribution in [0.15, 0.2) is 101 Å². The zero-order chi connectivity index (χ0) is 24.2. The lowest BCUT2D eigenvalue weighted by molar-refractivity contribution is -0.118. The molecule has 0 saturated heterocycles. The third-order valence-corrected chi connectivity index (χ3v) is 6.92. The molecule has 0 bridgehead atoms. The Morgan fingerprint density at radius 2 is 1.69 bits per heavy atom. The Kier molecular flexibility index (Phi) is 6.64.